The molecule has 1 N–H and O–H groups in total. The maximum Gasteiger partial charge on any atom is 0.0834 e. The number of rotatable bonds is 7. The number of hydrogen-bond donors (Lipinski definition) is 1. The molecule has 0 bridgehead atoms. The van der Waals surface area contributed by atoms with Crippen molar-refractivity contribution >= 4 is 0 Å². The lowest BCUT2D eigenvalue weighted by molar-refractivity contribution is 0.151. The van der Waals surface area contributed by atoms with E-state index in [1.165, 1.54) is 0 Å². The molecule has 74 valence electrons. The lowest BCUT2D eigenvalue weighted by atomic mass is 10.0. The van der Waals surface area contributed by atoms with Crippen LogP contribution in [0, 0.1) is 0 Å². The summed E-state index contributed by atoms with van der Waals surface area (Å²) in [6.07, 6.45) is 5.26. The van der Waals surface area contributed by atoms with Crippen LogP contribution < -0.4 is 0 Å². The Morgan fingerprint density at radius 2 is 2.38 bits per heavy atom. The number of aliphatic hydroxyl groups is 1. The van der Waals surface area contributed by atoms with Gasteiger partial charge >= 0.3 is 0 Å². The first kappa shape index (κ1) is 10.5. The summed E-state index contributed by atoms with van der Waals surface area (Å²) in [5, 5.41) is 9.56. The van der Waals surface area contributed by atoms with Crippen LogP contribution >= 0.6 is 0 Å². The van der Waals surface area contributed by atoms with Crippen molar-refractivity contribution in [2.75, 3.05) is 6.61 Å². The normalized spacial score (nSPS) is 22.4. The molecule has 0 aromatic rings. The Kier molecular flexibility index (Phi) is 4.19. The zero-order chi connectivity index (χ0) is 9.68. The molecule has 0 spiro atoms. The summed E-state index contributed by atoms with van der Waals surface area (Å²) < 4.78 is 5.04. The Balaban J connectivity index is 2.06. The highest BCUT2D eigenvalue weighted by atomic mass is 16.6. The lowest BCUT2D eigenvalue weighted by Crippen LogP contribution is -2.10. The fourth-order valence-electron chi connectivity index (χ4n) is 1.33. The lowest BCUT2D eigenvalue weighted by Gasteiger charge is -2.10. The standard InChI is InChI=1S/C11H18O2/c1-3-4-5-9(2)6-10(12)7-11-8-13-11/h3,10-12H,1-2,4-8H2. The Labute approximate surface area is 79.9 Å². The number of allylic oxidation sites excluding steroid dienone is 1. The highest BCUT2D eigenvalue weighted by molar-refractivity contribution is 4.98. The van der Waals surface area contributed by atoms with Gasteiger partial charge in [0.1, 0.15) is 0 Å². The van der Waals surface area contributed by atoms with E-state index in [4.69, 9.17) is 4.74 Å². The van der Waals surface area contributed by atoms with E-state index in [2.05, 4.69) is 13.2 Å². The van der Waals surface area contributed by atoms with E-state index in [-0.39, 0.29) is 6.10 Å². The van der Waals surface area contributed by atoms with Gasteiger partial charge in [0.15, 0.2) is 0 Å². The molecule has 0 radical (unpaired) electrons. The van der Waals surface area contributed by atoms with E-state index >= 15 is 0 Å². The molecule has 1 rings (SSSR count). The summed E-state index contributed by atoms with van der Waals surface area (Å²) in [5.74, 6) is 0. The van der Waals surface area contributed by atoms with Crippen LogP contribution in [0.1, 0.15) is 25.7 Å². The molecule has 1 saturated heterocycles. The highest BCUT2D eigenvalue weighted by Gasteiger charge is 2.25. The predicted molar refractivity (Wildman–Crippen MR) is 53.6 cm³/mol. The number of aliphatic hydroxyl groups excluding tert-OH is 1. The van der Waals surface area contributed by atoms with Crippen LogP contribution in [0.2, 0.25) is 0 Å². The van der Waals surface area contributed by atoms with Crippen LogP contribution in [-0.4, -0.2) is 23.9 Å². The van der Waals surface area contributed by atoms with Gasteiger partial charge in [-0.1, -0.05) is 18.2 Å². The van der Waals surface area contributed by atoms with Crippen LogP contribution in [0.25, 0.3) is 0 Å². The zero-order valence-electron chi connectivity index (χ0n) is 8.04. The third-order valence-corrected chi connectivity index (χ3v) is 2.16. The fraction of sp³-hybridized carbons (Fsp3) is 0.636. The minimum Gasteiger partial charge on any atom is -0.393 e. The topological polar surface area (TPSA) is 32.8 Å². The number of epoxide rings is 1. The maximum atomic E-state index is 9.56. The van der Waals surface area contributed by atoms with E-state index in [0.29, 0.717) is 12.5 Å². The van der Waals surface area contributed by atoms with Crippen LogP contribution in [0.4, 0.5) is 0 Å². The van der Waals surface area contributed by atoms with Gasteiger partial charge < -0.3 is 9.84 Å². The Bertz CT molecular complexity index is 183. The number of ether oxygens (including phenoxy) is 1. The smallest absolute Gasteiger partial charge is 0.0834 e. The summed E-state index contributed by atoms with van der Waals surface area (Å²) >= 11 is 0. The second kappa shape index (κ2) is 5.20. The van der Waals surface area contributed by atoms with Crippen molar-refractivity contribution in [3.05, 3.63) is 24.8 Å². The summed E-state index contributed by atoms with van der Waals surface area (Å²) in [7, 11) is 0. The number of hydrogen-bond acceptors (Lipinski definition) is 2. The molecular weight excluding hydrogens is 164 g/mol. The van der Waals surface area contributed by atoms with Gasteiger partial charge in [0.2, 0.25) is 0 Å². The van der Waals surface area contributed by atoms with E-state index in [1.807, 2.05) is 6.08 Å². The molecular formula is C11H18O2. The molecule has 0 aromatic carbocycles. The van der Waals surface area contributed by atoms with Crippen molar-refractivity contribution in [3.8, 4) is 0 Å². The molecule has 2 atom stereocenters. The Morgan fingerprint density at radius 3 is 2.92 bits per heavy atom. The molecule has 2 nitrogen and oxygen atoms in total. The molecule has 1 fully saturated rings. The van der Waals surface area contributed by atoms with Gasteiger partial charge in [-0.25, -0.2) is 0 Å². The third-order valence-electron chi connectivity index (χ3n) is 2.16. The van der Waals surface area contributed by atoms with Crippen LogP contribution in [0.3, 0.4) is 0 Å². The minimum absolute atomic E-state index is 0.273. The SMILES string of the molecule is C=CCCC(=C)CC(O)CC1CO1. The van der Waals surface area contributed by atoms with E-state index in [9.17, 15) is 5.11 Å². The first-order valence-electron chi connectivity index (χ1n) is 4.79. The summed E-state index contributed by atoms with van der Waals surface area (Å²) in [6, 6.07) is 0. The van der Waals surface area contributed by atoms with Crippen molar-refractivity contribution in [2.24, 2.45) is 0 Å². The van der Waals surface area contributed by atoms with Crippen molar-refractivity contribution in [2.45, 2.75) is 37.9 Å². The highest BCUT2D eigenvalue weighted by Crippen LogP contribution is 2.20. The molecule has 2 heteroatoms. The summed E-state index contributed by atoms with van der Waals surface area (Å²) in [4.78, 5) is 0. The molecule has 0 aromatic heterocycles. The van der Waals surface area contributed by atoms with Gasteiger partial charge in [0.05, 0.1) is 18.8 Å². The molecule has 1 heterocycles. The third kappa shape index (κ3) is 4.86. The van der Waals surface area contributed by atoms with Crippen molar-refractivity contribution in [3.63, 3.8) is 0 Å². The van der Waals surface area contributed by atoms with Gasteiger partial charge in [-0.3, -0.25) is 0 Å². The first-order valence-corrected chi connectivity index (χ1v) is 4.79. The molecule has 1 aliphatic rings. The molecule has 1 aliphatic heterocycles. The fourth-order valence-corrected chi connectivity index (χ4v) is 1.33. The van der Waals surface area contributed by atoms with Gasteiger partial charge in [-0.05, 0) is 19.3 Å². The summed E-state index contributed by atoms with van der Waals surface area (Å²) in [5.41, 5.74) is 1.10. The second-order valence-corrected chi connectivity index (χ2v) is 3.63. The largest absolute Gasteiger partial charge is 0.393 e. The van der Waals surface area contributed by atoms with Crippen molar-refractivity contribution in [1.29, 1.82) is 0 Å². The van der Waals surface area contributed by atoms with Gasteiger partial charge in [-0.2, -0.15) is 0 Å². The minimum atomic E-state index is -0.273. The van der Waals surface area contributed by atoms with Crippen LogP contribution in [-0.2, 0) is 4.74 Å². The first-order chi connectivity index (χ1) is 6.22. The Hall–Kier alpha value is -0.600. The molecule has 2 unspecified atom stereocenters. The second-order valence-electron chi connectivity index (χ2n) is 3.63. The predicted octanol–water partition coefficient (Wildman–Crippen LogP) is 2.05. The monoisotopic (exact) mass is 182 g/mol. The van der Waals surface area contributed by atoms with Crippen LogP contribution in [0.5, 0.6) is 0 Å². The van der Waals surface area contributed by atoms with Gasteiger partial charge in [-0.15, -0.1) is 6.58 Å². The van der Waals surface area contributed by atoms with Crippen molar-refractivity contribution < 1.29 is 9.84 Å². The van der Waals surface area contributed by atoms with Gasteiger partial charge in [0, 0.05) is 6.42 Å². The molecule has 0 aliphatic carbocycles. The van der Waals surface area contributed by atoms with Crippen LogP contribution in [0.15, 0.2) is 24.8 Å². The molecule has 13 heavy (non-hydrogen) atoms. The molecule has 0 saturated carbocycles. The van der Waals surface area contributed by atoms with E-state index < -0.39 is 0 Å². The quantitative estimate of drug-likeness (QED) is 0.483. The average molecular weight is 182 g/mol. The van der Waals surface area contributed by atoms with Crippen molar-refractivity contribution in [1.82, 2.24) is 0 Å². The van der Waals surface area contributed by atoms with E-state index in [1.54, 1.807) is 0 Å². The van der Waals surface area contributed by atoms with Gasteiger partial charge in [0.25, 0.3) is 0 Å². The summed E-state index contributed by atoms with van der Waals surface area (Å²) in [6.45, 7) is 8.37. The zero-order valence-corrected chi connectivity index (χ0v) is 8.04. The Morgan fingerprint density at radius 1 is 1.69 bits per heavy atom. The maximum absolute atomic E-state index is 9.56. The molecule has 0 amide bonds. The van der Waals surface area contributed by atoms with E-state index in [0.717, 1.165) is 31.4 Å². The average Bonchev–Trinajstić information content (AvgIpc) is 2.84.